The number of anilines is 1. The maximum Gasteiger partial charge on any atom is 0.418 e. The van der Waals surface area contributed by atoms with E-state index in [1.54, 1.807) is 6.07 Å². The lowest BCUT2D eigenvalue weighted by molar-refractivity contribution is -0.136. The Balaban J connectivity index is 3.57. The predicted octanol–water partition coefficient (Wildman–Crippen LogP) is 2.80. The number of carbonyl (C=O) groups excluding carboxylic acids is 1. The van der Waals surface area contributed by atoms with Gasteiger partial charge in [-0.05, 0) is 19.1 Å². The molecular formula is C12H11F3N2O2. The van der Waals surface area contributed by atoms with Crippen LogP contribution in [0.25, 0.3) is 0 Å². The van der Waals surface area contributed by atoms with E-state index in [0.29, 0.717) is 0 Å². The average molecular weight is 272 g/mol. The summed E-state index contributed by atoms with van der Waals surface area (Å²) in [7, 11) is 1.24. The predicted molar refractivity (Wildman–Crippen MR) is 61.7 cm³/mol. The summed E-state index contributed by atoms with van der Waals surface area (Å²) >= 11 is 0. The first-order valence-corrected chi connectivity index (χ1v) is 5.36. The molecule has 0 saturated carbocycles. The van der Waals surface area contributed by atoms with E-state index in [2.05, 4.69) is 10.1 Å². The molecule has 1 aromatic rings. The average Bonchev–Trinajstić information content (AvgIpc) is 2.35. The van der Waals surface area contributed by atoms with E-state index in [1.165, 1.54) is 14.0 Å². The summed E-state index contributed by atoms with van der Waals surface area (Å²) in [6.45, 7) is 1.53. The molecule has 19 heavy (non-hydrogen) atoms. The second kappa shape index (κ2) is 5.61. The maximum atomic E-state index is 12.8. The summed E-state index contributed by atoms with van der Waals surface area (Å²) in [5, 5.41) is 11.2. The van der Waals surface area contributed by atoms with Crippen LogP contribution in [0.4, 0.5) is 18.9 Å². The Morgan fingerprint density at radius 1 is 1.47 bits per heavy atom. The first-order valence-electron chi connectivity index (χ1n) is 5.36. The number of carbonyl (C=O) groups is 1. The highest BCUT2D eigenvalue weighted by molar-refractivity contribution is 5.99. The molecule has 1 rings (SSSR count). The molecule has 7 heteroatoms. The van der Waals surface area contributed by atoms with Crippen LogP contribution in [-0.2, 0) is 10.9 Å². The monoisotopic (exact) mass is 272 g/mol. The van der Waals surface area contributed by atoms with E-state index in [4.69, 9.17) is 5.26 Å². The van der Waals surface area contributed by atoms with E-state index in [-0.39, 0.29) is 12.2 Å². The van der Waals surface area contributed by atoms with Gasteiger partial charge < -0.3 is 10.1 Å². The lowest BCUT2D eigenvalue weighted by atomic mass is 10.0. The summed E-state index contributed by atoms with van der Waals surface area (Å²) in [5.41, 5.74) is -2.04. The fourth-order valence-electron chi connectivity index (χ4n) is 1.61. The zero-order chi connectivity index (χ0) is 14.6. The normalized spacial score (nSPS) is 10.7. The topological polar surface area (TPSA) is 62.1 Å². The van der Waals surface area contributed by atoms with Crippen LogP contribution < -0.4 is 5.32 Å². The molecular weight excluding hydrogens is 261 g/mol. The highest BCUT2D eigenvalue weighted by atomic mass is 19.4. The minimum atomic E-state index is -4.63. The van der Waals surface area contributed by atoms with Gasteiger partial charge in [0.15, 0.2) is 0 Å². The largest absolute Gasteiger partial charge is 0.462 e. The van der Waals surface area contributed by atoms with Crippen LogP contribution in [0.3, 0.4) is 0 Å². The van der Waals surface area contributed by atoms with Crippen molar-refractivity contribution in [1.82, 2.24) is 0 Å². The number of hydrogen-bond acceptors (Lipinski definition) is 4. The van der Waals surface area contributed by atoms with Crippen LogP contribution in [0.2, 0.25) is 0 Å². The Morgan fingerprint density at radius 2 is 2.11 bits per heavy atom. The molecule has 0 aromatic heterocycles. The number of ether oxygens (including phenoxy) is 1. The molecule has 1 N–H and O–H groups in total. The van der Waals surface area contributed by atoms with Gasteiger partial charge in [-0.1, -0.05) is 0 Å². The lowest BCUT2D eigenvalue weighted by Crippen LogP contribution is -2.16. The van der Waals surface area contributed by atoms with Crippen LogP contribution in [0.5, 0.6) is 0 Å². The van der Waals surface area contributed by atoms with Gasteiger partial charge in [0.1, 0.15) is 11.6 Å². The summed E-state index contributed by atoms with van der Waals surface area (Å²) in [6, 6.07) is 3.39. The molecule has 0 spiro atoms. The van der Waals surface area contributed by atoms with Crippen molar-refractivity contribution in [2.24, 2.45) is 0 Å². The third-order valence-electron chi connectivity index (χ3n) is 2.36. The molecule has 0 saturated heterocycles. The van der Waals surface area contributed by atoms with E-state index in [9.17, 15) is 18.0 Å². The van der Waals surface area contributed by atoms with Gasteiger partial charge in [-0.3, -0.25) is 0 Å². The molecule has 0 heterocycles. The Morgan fingerprint density at radius 3 is 2.53 bits per heavy atom. The SMILES string of the molecule is CCOC(=O)c1c(C#N)ccc(C(F)(F)F)c1NC. The Labute approximate surface area is 107 Å². The summed E-state index contributed by atoms with van der Waals surface area (Å²) in [5.74, 6) is -0.963. The van der Waals surface area contributed by atoms with Crippen molar-refractivity contribution < 1.29 is 22.7 Å². The third kappa shape index (κ3) is 2.96. The van der Waals surface area contributed by atoms with Crippen molar-refractivity contribution in [3.05, 3.63) is 28.8 Å². The number of hydrogen-bond donors (Lipinski definition) is 1. The second-order valence-corrected chi connectivity index (χ2v) is 3.49. The quantitative estimate of drug-likeness (QED) is 0.859. The van der Waals surface area contributed by atoms with Crippen molar-refractivity contribution in [1.29, 1.82) is 5.26 Å². The van der Waals surface area contributed by atoms with Crippen molar-refractivity contribution in [3.8, 4) is 6.07 Å². The van der Waals surface area contributed by atoms with E-state index < -0.39 is 29.0 Å². The van der Waals surface area contributed by atoms with E-state index in [0.717, 1.165) is 12.1 Å². The summed E-state index contributed by atoms with van der Waals surface area (Å²) in [4.78, 5) is 11.7. The van der Waals surface area contributed by atoms with Gasteiger partial charge in [-0.25, -0.2) is 4.79 Å². The molecule has 1 aromatic carbocycles. The molecule has 0 amide bonds. The zero-order valence-corrected chi connectivity index (χ0v) is 10.3. The van der Waals surface area contributed by atoms with Crippen LogP contribution in [0.15, 0.2) is 12.1 Å². The van der Waals surface area contributed by atoms with Gasteiger partial charge in [0, 0.05) is 7.05 Å². The highest BCUT2D eigenvalue weighted by Crippen LogP contribution is 2.37. The summed E-state index contributed by atoms with van der Waals surface area (Å²) < 4.78 is 43.2. The first-order chi connectivity index (χ1) is 8.86. The number of benzene rings is 1. The molecule has 102 valence electrons. The molecule has 0 fully saturated rings. The minimum absolute atomic E-state index is 0.00308. The number of esters is 1. The first kappa shape index (κ1) is 14.8. The second-order valence-electron chi connectivity index (χ2n) is 3.49. The van der Waals surface area contributed by atoms with Crippen molar-refractivity contribution in [2.45, 2.75) is 13.1 Å². The van der Waals surface area contributed by atoms with Crippen LogP contribution >= 0.6 is 0 Å². The molecule has 0 atom stereocenters. The Hall–Kier alpha value is -2.23. The Kier molecular flexibility index (Phi) is 4.38. The van der Waals surface area contributed by atoms with Gasteiger partial charge in [-0.15, -0.1) is 0 Å². The maximum absolute atomic E-state index is 12.8. The highest BCUT2D eigenvalue weighted by Gasteiger charge is 2.36. The number of nitrogens with zero attached hydrogens (tertiary/aromatic N) is 1. The third-order valence-corrected chi connectivity index (χ3v) is 2.36. The molecule has 0 unspecified atom stereocenters. The number of rotatable bonds is 3. The fourth-order valence-corrected chi connectivity index (χ4v) is 1.61. The van der Waals surface area contributed by atoms with Gasteiger partial charge in [-0.2, -0.15) is 18.4 Å². The molecule has 4 nitrogen and oxygen atoms in total. The molecule has 0 aliphatic heterocycles. The smallest absolute Gasteiger partial charge is 0.418 e. The number of alkyl halides is 3. The standard InChI is InChI=1S/C12H11F3N2O2/c1-3-19-11(18)9-7(6-16)4-5-8(10(9)17-2)12(13,14)15/h4-5,17H,3H2,1-2H3. The molecule has 0 aliphatic rings. The molecule has 0 aliphatic carbocycles. The van der Waals surface area contributed by atoms with Crippen molar-refractivity contribution in [2.75, 3.05) is 19.0 Å². The zero-order valence-electron chi connectivity index (χ0n) is 10.3. The minimum Gasteiger partial charge on any atom is -0.462 e. The number of nitriles is 1. The fraction of sp³-hybridized carbons (Fsp3) is 0.333. The van der Waals surface area contributed by atoms with E-state index in [1.807, 2.05) is 0 Å². The van der Waals surface area contributed by atoms with E-state index >= 15 is 0 Å². The van der Waals surface area contributed by atoms with Crippen LogP contribution in [0, 0.1) is 11.3 Å². The van der Waals surface area contributed by atoms with Crippen molar-refractivity contribution >= 4 is 11.7 Å². The Bertz CT molecular complexity index is 533. The van der Waals surface area contributed by atoms with Gasteiger partial charge in [0.25, 0.3) is 0 Å². The van der Waals surface area contributed by atoms with Crippen molar-refractivity contribution in [3.63, 3.8) is 0 Å². The van der Waals surface area contributed by atoms with Gasteiger partial charge in [0.05, 0.1) is 23.4 Å². The van der Waals surface area contributed by atoms with Gasteiger partial charge in [0.2, 0.25) is 0 Å². The van der Waals surface area contributed by atoms with Crippen LogP contribution in [-0.4, -0.2) is 19.6 Å². The number of nitrogens with one attached hydrogen (secondary N) is 1. The molecule has 0 bridgehead atoms. The molecule has 0 radical (unpaired) electrons. The van der Waals surface area contributed by atoms with Crippen LogP contribution in [0.1, 0.15) is 28.4 Å². The lowest BCUT2D eigenvalue weighted by Gasteiger charge is -2.16. The summed E-state index contributed by atoms with van der Waals surface area (Å²) in [6.07, 6.45) is -4.63. The number of halogens is 3. The van der Waals surface area contributed by atoms with Gasteiger partial charge >= 0.3 is 12.1 Å².